The van der Waals surface area contributed by atoms with Gasteiger partial charge in [0.25, 0.3) is 0 Å². The van der Waals surface area contributed by atoms with Crippen molar-refractivity contribution in [2.24, 2.45) is 0 Å². The van der Waals surface area contributed by atoms with E-state index in [0.29, 0.717) is 24.8 Å². The van der Waals surface area contributed by atoms with Gasteiger partial charge in [-0.25, -0.2) is 18.7 Å². The molecule has 0 spiro atoms. The number of hydroxylamine groups is 1. The lowest BCUT2D eigenvalue weighted by molar-refractivity contribution is -0.120. The molecule has 1 aliphatic rings. The second-order valence-electron chi connectivity index (χ2n) is 9.77. The summed E-state index contributed by atoms with van der Waals surface area (Å²) in [6, 6.07) is 10.5. The first-order chi connectivity index (χ1) is 18.8. The van der Waals surface area contributed by atoms with Gasteiger partial charge >= 0.3 is 0 Å². The highest BCUT2D eigenvalue weighted by molar-refractivity contribution is 5.73. The van der Waals surface area contributed by atoms with Crippen LogP contribution >= 0.6 is 0 Å². The molecule has 0 aliphatic heterocycles. The second kappa shape index (κ2) is 12.9. The van der Waals surface area contributed by atoms with Gasteiger partial charge in [-0.05, 0) is 60.6 Å². The maximum atomic E-state index is 13.8. The third-order valence-electron chi connectivity index (χ3n) is 6.94. The molecule has 1 heterocycles. The van der Waals surface area contributed by atoms with Crippen LogP contribution in [0.5, 0.6) is 0 Å². The Bertz CT molecular complexity index is 1290. The maximum Gasteiger partial charge on any atom is 0.217 e. The van der Waals surface area contributed by atoms with Gasteiger partial charge < -0.3 is 15.7 Å². The maximum absolute atomic E-state index is 13.8. The lowest BCUT2D eigenvalue weighted by Gasteiger charge is -2.40. The molecular formula is C29H33F2N5O3. The number of halogens is 2. The third-order valence-corrected chi connectivity index (χ3v) is 6.94. The smallest absolute Gasteiger partial charge is 0.217 e. The lowest BCUT2D eigenvalue weighted by Crippen LogP contribution is -2.53. The zero-order valence-electron chi connectivity index (χ0n) is 22.0. The van der Waals surface area contributed by atoms with E-state index in [1.54, 1.807) is 19.5 Å². The highest BCUT2D eigenvalue weighted by Crippen LogP contribution is 2.37. The predicted octanol–water partition coefficient (Wildman–Crippen LogP) is 3.53. The SMILES string of the molecule is CONC1=CCC(NCC(O)C(Cc2cc(F)cc(F)c2)NC(C)=O)(c2cccc(-c3cncnc3)c2)CC1. The Morgan fingerprint density at radius 2 is 1.87 bits per heavy atom. The topological polar surface area (TPSA) is 108 Å². The standard InChI is InChI=1S/C29H33F2N5O3/c1-19(37)35-27(12-20-10-24(30)14-25(31)11-20)28(38)17-34-29(8-6-26(7-9-29)36-39-2)23-5-3-4-21(13-23)22-15-32-18-33-16-22/h3-6,10-11,13-16,18,27-28,34,36,38H,7-9,12,17H2,1-2H3,(H,35,37). The Labute approximate surface area is 226 Å². The van der Waals surface area contributed by atoms with E-state index >= 15 is 0 Å². The molecule has 0 saturated heterocycles. The van der Waals surface area contributed by atoms with E-state index in [0.717, 1.165) is 28.5 Å². The summed E-state index contributed by atoms with van der Waals surface area (Å²) in [6.07, 6.45) is 8.10. The number of nitrogens with zero attached hydrogens (tertiary/aromatic N) is 2. The summed E-state index contributed by atoms with van der Waals surface area (Å²) in [7, 11) is 1.56. The number of amides is 1. The molecule has 4 rings (SSSR count). The largest absolute Gasteiger partial charge is 0.390 e. The average Bonchev–Trinajstić information content (AvgIpc) is 2.92. The first-order valence-electron chi connectivity index (χ1n) is 12.8. The van der Waals surface area contributed by atoms with Crippen molar-refractivity contribution in [3.8, 4) is 11.1 Å². The van der Waals surface area contributed by atoms with Crippen molar-refractivity contribution in [3.63, 3.8) is 0 Å². The Kier molecular flexibility index (Phi) is 9.34. The Morgan fingerprint density at radius 1 is 1.13 bits per heavy atom. The van der Waals surface area contributed by atoms with Crippen molar-refractivity contribution in [2.45, 2.75) is 50.3 Å². The normalized spacial score (nSPS) is 18.6. The summed E-state index contributed by atoms with van der Waals surface area (Å²) in [5.41, 5.74) is 6.55. The number of rotatable bonds is 11. The summed E-state index contributed by atoms with van der Waals surface area (Å²) in [5, 5.41) is 17.5. The van der Waals surface area contributed by atoms with Crippen LogP contribution in [0, 0.1) is 11.6 Å². The van der Waals surface area contributed by atoms with Crippen LogP contribution in [-0.2, 0) is 21.6 Å². The molecule has 0 bridgehead atoms. The van der Waals surface area contributed by atoms with E-state index in [1.807, 2.05) is 18.2 Å². The molecule has 2 aromatic carbocycles. The van der Waals surface area contributed by atoms with Gasteiger partial charge in [-0.1, -0.05) is 24.3 Å². The van der Waals surface area contributed by atoms with Crippen LogP contribution in [0.15, 0.2) is 73.0 Å². The monoisotopic (exact) mass is 537 g/mol. The fourth-order valence-corrected chi connectivity index (χ4v) is 5.01. The molecule has 3 unspecified atom stereocenters. The molecule has 0 fully saturated rings. The number of nitrogens with one attached hydrogen (secondary N) is 3. The fourth-order valence-electron chi connectivity index (χ4n) is 5.01. The minimum absolute atomic E-state index is 0.0649. The van der Waals surface area contributed by atoms with E-state index in [1.165, 1.54) is 25.4 Å². The second-order valence-corrected chi connectivity index (χ2v) is 9.77. The summed E-state index contributed by atoms with van der Waals surface area (Å²) in [4.78, 5) is 25.3. The molecule has 1 amide bonds. The molecule has 10 heteroatoms. The summed E-state index contributed by atoms with van der Waals surface area (Å²) >= 11 is 0. The molecule has 3 atom stereocenters. The minimum atomic E-state index is -1.04. The van der Waals surface area contributed by atoms with Crippen LogP contribution in [0.2, 0.25) is 0 Å². The van der Waals surface area contributed by atoms with E-state index in [4.69, 9.17) is 4.84 Å². The van der Waals surface area contributed by atoms with Crippen molar-refractivity contribution in [1.29, 1.82) is 0 Å². The number of hydrogen-bond acceptors (Lipinski definition) is 7. The molecule has 4 N–H and O–H groups in total. The summed E-state index contributed by atoms with van der Waals surface area (Å²) in [5.74, 6) is -1.77. The van der Waals surface area contributed by atoms with Crippen LogP contribution in [-0.4, -0.2) is 46.8 Å². The van der Waals surface area contributed by atoms with Gasteiger partial charge in [-0.2, -0.15) is 0 Å². The van der Waals surface area contributed by atoms with Crippen LogP contribution in [0.3, 0.4) is 0 Å². The average molecular weight is 538 g/mol. The van der Waals surface area contributed by atoms with Gasteiger partial charge in [0.15, 0.2) is 0 Å². The van der Waals surface area contributed by atoms with Gasteiger partial charge in [0.2, 0.25) is 5.91 Å². The molecule has 1 aromatic heterocycles. The third kappa shape index (κ3) is 7.44. The van der Waals surface area contributed by atoms with Crippen LogP contribution < -0.4 is 16.1 Å². The van der Waals surface area contributed by atoms with Crippen LogP contribution in [0.25, 0.3) is 11.1 Å². The van der Waals surface area contributed by atoms with Gasteiger partial charge in [0.05, 0.1) is 19.3 Å². The molecule has 0 radical (unpaired) electrons. The van der Waals surface area contributed by atoms with E-state index in [9.17, 15) is 18.7 Å². The number of carbonyl (C=O) groups is 1. The zero-order valence-corrected chi connectivity index (χ0v) is 22.0. The number of aromatic nitrogens is 2. The number of carbonyl (C=O) groups excluding carboxylic acids is 1. The fraction of sp³-hybridized carbons (Fsp3) is 0.345. The molecule has 0 saturated carbocycles. The number of benzene rings is 2. The van der Waals surface area contributed by atoms with E-state index < -0.39 is 29.3 Å². The van der Waals surface area contributed by atoms with Crippen LogP contribution in [0.1, 0.15) is 37.3 Å². The van der Waals surface area contributed by atoms with Crippen LogP contribution in [0.4, 0.5) is 8.78 Å². The Balaban J connectivity index is 1.59. The predicted molar refractivity (Wildman–Crippen MR) is 143 cm³/mol. The van der Waals surface area contributed by atoms with Gasteiger partial charge in [0.1, 0.15) is 18.0 Å². The minimum Gasteiger partial charge on any atom is -0.390 e. The van der Waals surface area contributed by atoms with Crippen molar-refractivity contribution in [2.75, 3.05) is 13.7 Å². The van der Waals surface area contributed by atoms with Crippen molar-refractivity contribution in [3.05, 3.63) is 95.7 Å². The van der Waals surface area contributed by atoms with Crippen molar-refractivity contribution >= 4 is 5.91 Å². The number of allylic oxidation sites excluding steroid dienone is 1. The molecular weight excluding hydrogens is 504 g/mol. The first kappa shape index (κ1) is 28.3. The molecule has 3 aromatic rings. The molecule has 1 aliphatic carbocycles. The molecule has 206 valence electrons. The lowest BCUT2D eigenvalue weighted by atomic mass is 9.77. The van der Waals surface area contributed by atoms with E-state index in [2.05, 4.69) is 38.2 Å². The number of aliphatic hydroxyl groups excluding tert-OH is 1. The molecule has 39 heavy (non-hydrogen) atoms. The molecule has 8 nitrogen and oxygen atoms in total. The number of hydrogen-bond donors (Lipinski definition) is 4. The Morgan fingerprint density at radius 3 is 2.51 bits per heavy atom. The zero-order chi connectivity index (χ0) is 27.8. The quantitative estimate of drug-likeness (QED) is 0.277. The van der Waals surface area contributed by atoms with Crippen molar-refractivity contribution in [1.82, 2.24) is 26.1 Å². The van der Waals surface area contributed by atoms with Crippen molar-refractivity contribution < 1.29 is 23.5 Å². The Hall–Kier alpha value is -3.73. The first-order valence-corrected chi connectivity index (χ1v) is 12.8. The summed E-state index contributed by atoms with van der Waals surface area (Å²) < 4.78 is 27.6. The van der Waals surface area contributed by atoms with Gasteiger partial charge in [-0.3, -0.25) is 15.1 Å². The van der Waals surface area contributed by atoms with E-state index in [-0.39, 0.29) is 18.9 Å². The van der Waals surface area contributed by atoms with Gasteiger partial charge in [0, 0.05) is 48.7 Å². The summed E-state index contributed by atoms with van der Waals surface area (Å²) in [6.45, 7) is 1.47. The van der Waals surface area contributed by atoms with Gasteiger partial charge in [-0.15, -0.1) is 0 Å². The highest BCUT2D eigenvalue weighted by atomic mass is 19.1. The highest BCUT2D eigenvalue weighted by Gasteiger charge is 2.35. The number of aliphatic hydroxyl groups is 1.